The average Bonchev–Trinajstić information content (AvgIpc) is 3.23. The molecule has 0 aliphatic carbocycles. The third-order valence-electron chi connectivity index (χ3n) is 5.52. The number of amides is 2. The molecule has 1 saturated heterocycles. The number of rotatable bonds is 6. The molecule has 0 unspecified atom stereocenters. The summed E-state index contributed by atoms with van der Waals surface area (Å²) in [5.74, 6) is 0.142. The van der Waals surface area contributed by atoms with Gasteiger partial charge in [-0.05, 0) is 37.6 Å². The quantitative estimate of drug-likeness (QED) is 0.483. The van der Waals surface area contributed by atoms with Crippen LogP contribution in [-0.2, 0) is 14.4 Å². The highest BCUT2D eigenvalue weighted by Crippen LogP contribution is 2.36. The number of aromatic nitrogens is 1. The fourth-order valence-corrected chi connectivity index (χ4v) is 3.82. The Balaban J connectivity index is 1.50. The Bertz CT molecular complexity index is 1040. The normalized spacial score (nSPS) is 17.5. The van der Waals surface area contributed by atoms with Crippen LogP contribution in [0.5, 0.6) is 5.75 Å². The van der Waals surface area contributed by atoms with Gasteiger partial charge in [0, 0.05) is 36.1 Å². The molecular formula is C22H26N4O5. The zero-order valence-electron chi connectivity index (χ0n) is 17.8. The Hall–Kier alpha value is -3.14. The van der Waals surface area contributed by atoms with Crippen LogP contribution in [0.4, 0.5) is 5.69 Å². The monoisotopic (exact) mass is 426 g/mol. The summed E-state index contributed by atoms with van der Waals surface area (Å²) in [4.78, 5) is 35.9. The number of aryl methyl sites for hydroxylation is 1. The molecule has 31 heavy (non-hydrogen) atoms. The molecule has 1 aromatic carbocycles. The number of aromatic amines is 1. The number of H-pyrrole nitrogens is 1. The van der Waals surface area contributed by atoms with Gasteiger partial charge in [-0.3, -0.25) is 19.3 Å². The lowest BCUT2D eigenvalue weighted by molar-refractivity contribution is -0.110. The van der Waals surface area contributed by atoms with Gasteiger partial charge < -0.3 is 19.8 Å². The second kappa shape index (κ2) is 8.93. The van der Waals surface area contributed by atoms with Crippen molar-refractivity contribution in [3.63, 3.8) is 0 Å². The number of methoxy groups -OCH3 is 1. The van der Waals surface area contributed by atoms with E-state index in [0.717, 1.165) is 24.2 Å². The van der Waals surface area contributed by atoms with Crippen LogP contribution in [0.15, 0.2) is 18.2 Å². The number of morpholine rings is 1. The van der Waals surface area contributed by atoms with E-state index < -0.39 is 0 Å². The average molecular weight is 426 g/mol. The van der Waals surface area contributed by atoms with E-state index in [1.165, 1.54) is 0 Å². The lowest BCUT2D eigenvalue weighted by Gasteiger charge is -2.25. The Labute approximate surface area is 180 Å². The Morgan fingerprint density at radius 1 is 1.29 bits per heavy atom. The summed E-state index contributed by atoms with van der Waals surface area (Å²) in [7, 11) is 1.58. The lowest BCUT2D eigenvalue weighted by Crippen LogP contribution is -2.40. The highest BCUT2D eigenvalue weighted by Gasteiger charge is 2.26. The van der Waals surface area contributed by atoms with E-state index in [1.807, 2.05) is 26.0 Å². The second-order valence-corrected chi connectivity index (χ2v) is 7.52. The Morgan fingerprint density at radius 2 is 2.06 bits per heavy atom. The van der Waals surface area contributed by atoms with Crippen molar-refractivity contribution in [1.82, 2.24) is 15.4 Å². The third-order valence-corrected chi connectivity index (χ3v) is 5.52. The van der Waals surface area contributed by atoms with Crippen molar-refractivity contribution in [2.24, 2.45) is 0 Å². The van der Waals surface area contributed by atoms with Crippen molar-refractivity contribution < 1.29 is 23.9 Å². The van der Waals surface area contributed by atoms with Gasteiger partial charge in [0.2, 0.25) is 0 Å². The number of benzene rings is 1. The molecule has 2 amide bonds. The molecule has 9 heteroatoms. The zero-order chi connectivity index (χ0) is 22.0. The molecule has 3 N–H and O–H groups in total. The first-order valence-electron chi connectivity index (χ1n) is 10.1. The molecule has 1 aromatic heterocycles. The van der Waals surface area contributed by atoms with Crippen LogP contribution in [0.25, 0.3) is 11.6 Å². The topological polar surface area (TPSA) is 105 Å². The number of fused-ring (bicyclic) bond motifs is 1. The summed E-state index contributed by atoms with van der Waals surface area (Å²) < 4.78 is 10.5. The minimum atomic E-state index is -0.329. The molecule has 2 aliphatic heterocycles. The Morgan fingerprint density at radius 3 is 2.81 bits per heavy atom. The number of anilines is 1. The standard InChI is InChI=1S/C22H26N4O5/c1-13-18(11-17-16-5-4-15(29-3)10-19(16)24-21(17)27)23-14(2)20(13)22(28)25-31-12-26-6-8-30-9-7-26/h4-5,10-11,23H,6-9,12H2,1-3H3,(H,24,27)(H,25,28)/b17-11-. The maximum Gasteiger partial charge on any atom is 0.276 e. The Kier molecular flexibility index (Phi) is 6.08. The number of carbonyl (C=O) groups is 2. The molecule has 2 aliphatic rings. The fourth-order valence-electron chi connectivity index (χ4n) is 3.82. The van der Waals surface area contributed by atoms with E-state index >= 15 is 0 Å². The van der Waals surface area contributed by atoms with Crippen LogP contribution < -0.4 is 15.5 Å². The fraction of sp³-hybridized carbons (Fsp3) is 0.364. The highest BCUT2D eigenvalue weighted by atomic mass is 16.7. The van der Waals surface area contributed by atoms with E-state index in [9.17, 15) is 9.59 Å². The molecule has 3 heterocycles. The van der Waals surface area contributed by atoms with Crippen LogP contribution in [0.2, 0.25) is 0 Å². The number of ether oxygens (including phenoxy) is 2. The summed E-state index contributed by atoms with van der Waals surface area (Å²) in [6, 6.07) is 5.44. The molecule has 1 fully saturated rings. The molecule has 9 nitrogen and oxygen atoms in total. The van der Waals surface area contributed by atoms with Crippen molar-refractivity contribution in [3.8, 4) is 5.75 Å². The van der Waals surface area contributed by atoms with E-state index in [2.05, 4.69) is 20.7 Å². The molecule has 0 atom stereocenters. The van der Waals surface area contributed by atoms with E-state index in [4.69, 9.17) is 14.3 Å². The molecule has 2 aromatic rings. The van der Waals surface area contributed by atoms with Gasteiger partial charge in [-0.25, -0.2) is 5.48 Å². The molecule has 0 bridgehead atoms. The van der Waals surface area contributed by atoms with E-state index in [0.29, 0.717) is 53.9 Å². The van der Waals surface area contributed by atoms with Gasteiger partial charge in [0.25, 0.3) is 11.8 Å². The number of hydrogen-bond acceptors (Lipinski definition) is 6. The summed E-state index contributed by atoms with van der Waals surface area (Å²) >= 11 is 0. The first kappa shape index (κ1) is 21.1. The van der Waals surface area contributed by atoms with Gasteiger partial charge >= 0.3 is 0 Å². The zero-order valence-corrected chi connectivity index (χ0v) is 17.8. The second-order valence-electron chi connectivity index (χ2n) is 7.52. The molecule has 164 valence electrons. The predicted molar refractivity (Wildman–Crippen MR) is 116 cm³/mol. The summed E-state index contributed by atoms with van der Waals surface area (Å²) in [6.45, 7) is 6.82. The smallest absolute Gasteiger partial charge is 0.276 e. The lowest BCUT2D eigenvalue weighted by atomic mass is 10.0. The van der Waals surface area contributed by atoms with Crippen molar-refractivity contribution in [2.45, 2.75) is 13.8 Å². The van der Waals surface area contributed by atoms with Crippen LogP contribution >= 0.6 is 0 Å². The van der Waals surface area contributed by atoms with Gasteiger partial charge in [-0.1, -0.05) is 0 Å². The van der Waals surface area contributed by atoms with Crippen molar-refractivity contribution in [3.05, 3.63) is 46.3 Å². The number of hydrogen-bond donors (Lipinski definition) is 3. The van der Waals surface area contributed by atoms with Gasteiger partial charge in [0.15, 0.2) is 0 Å². The largest absolute Gasteiger partial charge is 0.497 e. The number of hydroxylamine groups is 1. The molecular weight excluding hydrogens is 400 g/mol. The maximum atomic E-state index is 12.7. The van der Waals surface area contributed by atoms with Crippen LogP contribution in [0.1, 0.15) is 32.9 Å². The van der Waals surface area contributed by atoms with Gasteiger partial charge in [-0.15, -0.1) is 0 Å². The summed E-state index contributed by atoms with van der Waals surface area (Å²) in [6.07, 6.45) is 1.77. The van der Waals surface area contributed by atoms with Gasteiger partial charge in [0.05, 0.1) is 37.1 Å². The summed E-state index contributed by atoms with van der Waals surface area (Å²) in [5, 5.41) is 2.85. The molecule has 4 rings (SSSR count). The molecule has 0 saturated carbocycles. The van der Waals surface area contributed by atoms with E-state index in [-0.39, 0.29) is 11.8 Å². The maximum absolute atomic E-state index is 12.7. The highest BCUT2D eigenvalue weighted by molar-refractivity contribution is 6.35. The number of nitrogens with zero attached hydrogens (tertiary/aromatic N) is 1. The first-order valence-corrected chi connectivity index (χ1v) is 10.1. The molecule has 0 radical (unpaired) electrons. The first-order chi connectivity index (χ1) is 15.0. The number of carbonyl (C=O) groups excluding carboxylic acids is 2. The number of nitrogens with one attached hydrogen (secondary N) is 3. The predicted octanol–water partition coefficient (Wildman–Crippen LogP) is 2.08. The summed E-state index contributed by atoms with van der Waals surface area (Å²) in [5.41, 5.74) is 7.17. The van der Waals surface area contributed by atoms with E-state index in [1.54, 1.807) is 19.3 Å². The van der Waals surface area contributed by atoms with Crippen molar-refractivity contribution in [1.29, 1.82) is 0 Å². The minimum Gasteiger partial charge on any atom is -0.497 e. The SMILES string of the molecule is COc1ccc2c(c1)NC(=O)/C2=C\c1[nH]c(C)c(C(=O)NOCN2CCOCC2)c1C. The van der Waals surface area contributed by atoms with Gasteiger partial charge in [0.1, 0.15) is 12.5 Å². The van der Waals surface area contributed by atoms with Crippen LogP contribution in [0, 0.1) is 13.8 Å². The minimum absolute atomic E-state index is 0.199. The van der Waals surface area contributed by atoms with Gasteiger partial charge in [-0.2, -0.15) is 0 Å². The van der Waals surface area contributed by atoms with Crippen molar-refractivity contribution in [2.75, 3.05) is 45.5 Å². The molecule has 0 spiro atoms. The third kappa shape index (κ3) is 4.34. The van der Waals surface area contributed by atoms with Crippen LogP contribution in [-0.4, -0.2) is 61.8 Å². The van der Waals surface area contributed by atoms with Crippen LogP contribution in [0.3, 0.4) is 0 Å². The van der Waals surface area contributed by atoms with Crippen molar-refractivity contribution >= 4 is 29.2 Å².